The van der Waals surface area contributed by atoms with E-state index >= 15 is 0 Å². The Balaban J connectivity index is 1.67. The normalized spacial score (nSPS) is 16.8. The molecule has 2 heterocycles. The van der Waals surface area contributed by atoms with Gasteiger partial charge in [-0.15, -0.1) is 11.3 Å². The van der Waals surface area contributed by atoms with Gasteiger partial charge in [0, 0.05) is 18.0 Å². The Morgan fingerprint density at radius 1 is 1.27 bits per heavy atom. The maximum atomic E-state index is 13.4. The summed E-state index contributed by atoms with van der Waals surface area (Å²) in [6.07, 6.45) is 1.25. The summed E-state index contributed by atoms with van der Waals surface area (Å²) in [5, 5.41) is 12.5. The lowest BCUT2D eigenvalue weighted by atomic mass is 10.0. The Labute approximate surface area is 202 Å². The molecule has 182 valence electrons. The first kappa shape index (κ1) is 25.7. The van der Waals surface area contributed by atoms with Crippen molar-refractivity contribution in [3.63, 3.8) is 0 Å². The number of hydrogen-bond acceptors (Lipinski definition) is 6. The summed E-state index contributed by atoms with van der Waals surface area (Å²) in [7, 11) is 0. The van der Waals surface area contributed by atoms with E-state index in [1.807, 2.05) is 47.9 Å². The highest BCUT2D eigenvalue weighted by Gasteiger charge is 2.33. The number of nitrogens with zero attached hydrogens (tertiary/aromatic N) is 2. The Morgan fingerprint density at radius 2 is 2.03 bits per heavy atom. The van der Waals surface area contributed by atoms with E-state index in [2.05, 4.69) is 25.3 Å². The SMILES string of the molecule is CCCN(CC(=O)N1CCc2sccc2[C@H]1COc1ccc(C)cc1)C[C@@H](O)COC(C)C. The number of aliphatic hydroxyl groups is 1. The molecule has 6 nitrogen and oxygen atoms in total. The molecule has 0 saturated carbocycles. The van der Waals surface area contributed by atoms with Gasteiger partial charge in [-0.25, -0.2) is 0 Å². The van der Waals surface area contributed by atoms with Gasteiger partial charge in [-0.2, -0.15) is 0 Å². The molecule has 0 spiro atoms. The number of aliphatic hydroxyl groups excluding tert-OH is 1. The molecule has 33 heavy (non-hydrogen) atoms. The van der Waals surface area contributed by atoms with E-state index in [1.165, 1.54) is 16.0 Å². The molecule has 1 aliphatic heterocycles. The lowest BCUT2D eigenvalue weighted by Crippen LogP contribution is -2.48. The van der Waals surface area contributed by atoms with Crippen LogP contribution in [0.1, 0.15) is 49.2 Å². The molecule has 0 fully saturated rings. The number of hydrogen-bond donors (Lipinski definition) is 1. The van der Waals surface area contributed by atoms with Gasteiger partial charge in [0.2, 0.25) is 5.91 Å². The van der Waals surface area contributed by atoms with Crippen LogP contribution in [0, 0.1) is 6.92 Å². The van der Waals surface area contributed by atoms with Crippen molar-refractivity contribution < 1.29 is 19.4 Å². The minimum Gasteiger partial charge on any atom is -0.491 e. The molecular formula is C26H38N2O4S. The Hall–Kier alpha value is -1.93. The number of fused-ring (bicyclic) bond motifs is 1. The average molecular weight is 475 g/mol. The van der Waals surface area contributed by atoms with Crippen LogP contribution in [-0.4, -0.2) is 72.4 Å². The lowest BCUT2D eigenvalue weighted by molar-refractivity contribution is -0.136. The molecule has 0 unspecified atom stereocenters. The van der Waals surface area contributed by atoms with Crippen LogP contribution in [0.15, 0.2) is 35.7 Å². The van der Waals surface area contributed by atoms with E-state index in [0.717, 1.165) is 25.1 Å². The number of aryl methyl sites for hydroxylation is 1. The molecule has 7 heteroatoms. The summed E-state index contributed by atoms with van der Waals surface area (Å²) in [4.78, 5) is 18.8. The number of ether oxygens (including phenoxy) is 2. The van der Waals surface area contributed by atoms with Crippen molar-refractivity contribution in [3.8, 4) is 5.75 Å². The van der Waals surface area contributed by atoms with Crippen LogP contribution in [0.25, 0.3) is 0 Å². The highest BCUT2D eigenvalue weighted by molar-refractivity contribution is 7.10. The largest absolute Gasteiger partial charge is 0.491 e. The number of amides is 1. The van der Waals surface area contributed by atoms with Gasteiger partial charge in [0.05, 0.1) is 31.4 Å². The van der Waals surface area contributed by atoms with Gasteiger partial charge in [0.25, 0.3) is 0 Å². The van der Waals surface area contributed by atoms with Crippen molar-refractivity contribution in [1.29, 1.82) is 0 Å². The third-order valence-electron chi connectivity index (χ3n) is 5.83. The van der Waals surface area contributed by atoms with Crippen LogP contribution in [0.3, 0.4) is 0 Å². The molecule has 2 atom stereocenters. The monoisotopic (exact) mass is 474 g/mol. The first-order valence-corrected chi connectivity index (χ1v) is 12.8. The van der Waals surface area contributed by atoms with E-state index in [-0.39, 0.29) is 31.2 Å². The van der Waals surface area contributed by atoms with Crippen molar-refractivity contribution in [3.05, 3.63) is 51.7 Å². The second-order valence-corrected chi connectivity index (χ2v) is 10.0. The summed E-state index contributed by atoms with van der Waals surface area (Å²) < 4.78 is 11.7. The van der Waals surface area contributed by atoms with Crippen molar-refractivity contribution in [2.45, 2.75) is 58.8 Å². The Bertz CT molecular complexity index is 867. The molecular weight excluding hydrogens is 436 g/mol. The highest BCUT2D eigenvalue weighted by atomic mass is 32.1. The molecule has 2 aromatic rings. The predicted octanol–water partition coefficient (Wildman–Crippen LogP) is 4.06. The fourth-order valence-corrected chi connectivity index (χ4v) is 5.10. The van der Waals surface area contributed by atoms with Crippen molar-refractivity contribution in [2.24, 2.45) is 0 Å². The zero-order valence-corrected chi connectivity index (χ0v) is 21.1. The molecule has 1 aliphatic rings. The van der Waals surface area contributed by atoms with Gasteiger partial charge in [-0.3, -0.25) is 9.69 Å². The Kier molecular flexibility index (Phi) is 9.74. The molecule has 0 aliphatic carbocycles. The summed E-state index contributed by atoms with van der Waals surface area (Å²) in [6.45, 7) is 10.9. The summed E-state index contributed by atoms with van der Waals surface area (Å²) in [5.41, 5.74) is 2.38. The van der Waals surface area contributed by atoms with Crippen molar-refractivity contribution in [1.82, 2.24) is 9.80 Å². The predicted molar refractivity (Wildman–Crippen MR) is 133 cm³/mol. The van der Waals surface area contributed by atoms with E-state index in [9.17, 15) is 9.90 Å². The van der Waals surface area contributed by atoms with Gasteiger partial charge in [0.1, 0.15) is 12.4 Å². The minimum atomic E-state index is -0.614. The van der Waals surface area contributed by atoms with Gasteiger partial charge in [-0.1, -0.05) is 24.6 Å². The smallest absolute Gasteiger partial charge is 0.237 e. The minimum absolute atomic E-state index is 0.0725. The fourth-order valence-electron chi connectivity index (χ4n) is 4.17. The quantitative estimate of drug-likeness (QED) is 0.503. The second kappa shape index (κ2) is 12.5. The maximum Gasteiger partial charge on any atom is 0.237 e. The first-order valence-electron chi connectivity index (χ1n) is 11.9. The number of carbonyl (C=O) groups excluding carboxylic acids is 1. The summed E-state index contributed by atoms with van der Waals surface area (Å²) in [5.74, 6) is 0.894. The molecule has 1 aromatic heterocycles. The van der Waals surface area contributed by atoms with Crippen LogP contribution in [0.4, 0.5) is 0 Å². The van der Waals surface area contributed by atoms with E-state index < -0.39 is 6.10 Å². The zero-order valence-electron chi connectivity index (χ0n) is 20.3. The lowest BCUT2D eigenvalue weighted by Gasteiger charge is -2.37. The molecule has 1 N–H and O–H groups in total. The molecule has 3 rings (SSSR count). The fraction of sp³-hybridized carbons (Fsp3) is 0.577. The van der Waals surface area contributed by atoms with Crippen LogP contribution >= 0.6 is 11.3 Å². The standard InChI is InChI=1S/C26H38N2O4S/c1-5-12-27(15-21(29)17-31-19(2)3)16-26(30)28-13-10-25-23(11-14-33-25)24(28)18-32-22-8-6-20(4)7-9-22/h6-9,11,14,19,21,24,29H,5,10,12-13,15-18H2,1-4H3/t21-,24-/m1/s1. The average Bonchev–Trinajstić information content (AvgIpc) is 3.26. The van der Waals surface area contributed by atoms with E-state index in [0.29, 0.717) is 19.7 Å². The van der Waals surface area contributed by atoms with Crippen LogP contribution in [0.2, 0.25) is 0 Å². The summed E-state index contributed by atoms with van der Waals surface area (Å²) in [6, 6.07) is 10.0. The number of benzene rings is 1. The highest BCUT2D eigenvalue weighted by Crippen LogP contribution is 2.34. The zero-order chi connectivity index (χ0) is 23.8. The van der Waals surface area contributed by atoms with E-state index in [4.69, 9.17) is 9.47 Å². The molecule has 0 saturated heterocycles. The van der Waals surface area contributed by atoms with Gasteiger partial charge in [-0.05, 0) is 69.3 Å². The number of carbonyl (C=O) groups is 1. The topological polar surface area (TPSA) is 62.2 Å². The number of thiophene rings is 1. The third-order valence-corrected chi connectivity index (χ3v) is 6.83. The molecule has 1 amide bonds. The van der Waals surface area contributed by atoms with Gasteiger partial charge < -0.3 is 19.5 Å². The van der Waals surface area contributed by atoms with Crippen LogP contribution in [-0.2, 0) is 16.0 Å². The first-order chi connectivity index (χ1) is 15.9. The van der Waals surface area contributed by atoms with Crippen molar-refractivity contribution >= 4 is 17.2 Å². The van der Waals surface area contributed by atoms with E-state index in [1.54, 1.807) is 11.3 Å². The molecule has 0 bridgehead atoms. The molecule has 0 radical (unpaired) electrons. The second-order valence-electron chi connectivity index (χ2n) is 9.05. The van der Waals surface area contributed by atoms with Gasteiger partial charge in [0.15, 0.2) is 0 Å². The number of rotatable bonds is 12. The summed E-state index contributed by atoms with van der Waals surface area (Å²) >= 11 is 1.75. The molecule has 1 aromatic carbocycles. The van der Waals surface area contributed by atoms with Crippen LogP contribution < -0.4 is 4.74 Å². The Morgan fingerprint density at radius 3 is 2.73 bits per heavy atom. The van der Waals surface area contributed by atoms with Crippen LogP contribution in [0.5, 0.6) is 5.75 Å². The van der Waals surface area contributed by atoms with Gasteiger partial charge >= 0.3 is 0 Å². The van der Waals surface area contributed by atoms with Crippen molar-refractivity contribution in [2.75, 3.05) is 39.4 Å². The maximum absolute atomic E-state index is 13.4. The third kappa shape index (κ3) is 7.54.